The molecule has 0 aliphatic rings. The highest BCUT2D eigenvalue weighted by Gasteiger charge is 2.00. The largest absolute Gasteiger partial charge is 0.380 e. The first-order valence-corrected chi connectivity index (χ1v) is 4.28. The molecule has 2 heteroatoms. The van der Waals surface area contributed by atoms with Crippen molar-refractivity contribution in [2.45, 2.75) is 13.5 Å². The molecule has 0 aliphatic heterocycles. The van der Waals surface area contributed by atoms with Crippen molar-refractivity contribution >= 4 is 15.9 Å². The van der Waals surface area contributed by atoms with Gasteiger partial charge in [0, 0.05) is 11.6 Å². The van der Waals surface area contributed by atoms with E-state index in [4.69, 9.17) is 4.74 Å². The van der Waals surface area contributed by atoms with Crippen LogP contribution in [0.1, 0.15) is 11.1 Å². The van der Waals surface area contributed by atoms with Crippen LogP contribution in [-0.4, -0.2) is 7.11 Å². The van der Waals surface area contributed by atoms with Gasteiger partial charge in [0.05, 0.1) is 6.61 Å². The Bertz CT molecular complexity index is 225. The Morgan fingerprint density at radius 1 is 1.45 bits per heavy atom. The van der Waals surface area contributed by atoms with E-state index in [0.717, 1.165) is 4.47 Å². The molecule has 1 rings (SSSR count). The van der Waals surface area contributed by atoms with Gasteiger partial charge in [-0.2, -0.15) is 0 Å². The predicted octanol–water partition coefficient (Wildman–Crippen LogP) is 2.90. The van der Waals surface area contributed by atoms with Crippen molar-refractivity contribution in [1.82, 2.24) is 0 Å². The van der Waals surface area contributed by atoms with Gasteiger partial charge in [-0.25, -0.2) is 0 Å². The first-order chi connectivity index (χ1) is 5.25. The molecule has 0 spiro atoms. The SMILES string of the molecule is COCc1c(C)cccc1Br. The van der Waals surface area contributed by atoms with E-state index in [-0.39, 0.29) is 0 Å². The van der Waals surface area contributed by atoms with Gasteiger partial charge in [-0.05, 0) is 24.1 Å². The van der Waals surface area contributed by atoms with Crippen LogP contribution in [0, 0.1) is 6.92 Å². The van der Waals surface area contributed by atoms with E-state index in [0.29, 0.717) is 6.61 Å². The number of rotatable bonds is 2. The number of hydrogen-bond acceptors (Lipinski definition) is 1. The van der Waals surface area contributed by atoms with Crippen molar-refractivity contribution in [2.24, 2.45) is 0 Å². The smallest absolute Gasteiger partial charge is 0.0726 e. The molecule has 0 N–H and O–H groups in total. The summed E-state index contributed by atoms with van der Waals surface area (Å²) < 4.78 is 6.18. The summed E-state index contributed by atoms with van der Waals surface area (Å²) in [5, 5.41) is 0. The molecule has 0 bridgehead atoms. The van der Waals surface area contributed by atoms with E-state index in [1.54, 1.807) is 7.11 Å². The highest BCUT2D eigenvalue weighted by molar-refractivity contribution is 9.10. The van der Waals surface area contributed by atoms with Crippen LogP contribution in [0.3, 0.4) is 0 Å². The second-order valence-electron chi connectivity index (χ2n) is 2.47. The van der Waals surface area contributed by atoms with Crippen LogP contribution in [-0.2, 0) is 11.3 Å². The second-order valence-corrected chi connectivity index (χ2v) is 3.32. The lowest BCUT2D eigenvalue weighted by Crippen LogP contribution is -1.92. The molecule has 11 heavy (non-hydrogen) atoms. The fourth-order valence-electron chi connectivity index (χ4n) is 0.994. The number of hydrogen-bond donors (Lipinski definition) is 0. The molecule has 0 saturated heterocycles. The van der Waals surface area contributed by atoms with Gasteiger partial charge in [0.25, 0.3) is 0 Å². The Morgan fingerprint density at radius 3 is 2.73 bits per heavy atom. The Labute approximate surface area is 75.5 Å². The van der Waals surface area contributed by atoms with Gasteiger partial charge in [-0.15, -0.1) is 0 Å². The highest BCUT2D eigenvalue weighted by atomic mass is 79.9. The minimum absolute atomic E-state index is 0.674. The molecule has 1 nitrogen and oxygen atoms in total. The maximum absolute atomic E-state index is 5.06. The molecule has 0 fully saturated rings. The van der Waals surface area contributed by atoms with E-state index < -0.39 is 0 Å². The molecule has 0 unspecified atom stereocenters. The summed E-state index contributed by atoms with van der Waals surface area (Å²) in [6, 6.07) is 6.14. The third kappa shape index (κ3) is 2.04. The van der Waals surface area contributed by atoms with Crippen LogP contribution in [0.4, 0.5) is 0 Å². The molecule has 1 aromatic carbocycles. The molecule has 60 valence electrons. The van der Waals surface area contributed by atoms with Gasteiger partial charge in [0.15, 0.2) is 0 Å². The Morgan fingerprint density at radius 2 is 2.18 bits per heavy atom. The molecule has 0 radical (unpaired) electrons. The molecule has 0 aromatic heterocycles. The van der Waals surface area contributed by atoms with Crippen LogP contribution in [0.5, 0.6) is 0 Å². The summed E-state index contributed by atoms with van der Waals surface area (Å²) in [6.07, 6.45) is 0. The normalized spacial score (nSPS) is 10.1. The van der Waals surface area contributed by atoms with E-state index in [2.05, 4.69) is 28.9 Å². The summed E-state index contributed by atoms with van der Waals surface area (Å²) in [7, 11) is 1.71. The van der Waals surface area contributed by atoms with Crippen molar-refractivity contribution in [2.75, 3.05) is 7.11 Å². The zero-order valence-corrected chi connectivity index (χ0v) is 8.31. The van der Waals surface area contributed by atoms with Gasteiger partial charge < -0.3 is 4.74 Å². The first kappa shape index (κ1) is 8.75. The van der Waals surface area contributed by atoms with Crippen molar-refractivity contribution < 1.29 is 4.74 Å². The Kier molecular flexibility index (Phi) is 3.09. The summed E-state index contributed by atoms with van der Waals surface area (Å²) in [5.74, 6) is 0. The zero-order chi connectivity index (χ0) is 8.27. The molecule has 0 heterocycles. The van der Waals surface area contributed by atoms with Gasteiger partial charge >= 0.3 is 0 Å². The molecular formula is C9H11BrO. The lowest BCUT2D eigenvalue weighted by atomic mass is 10.1. The zero-order valence-electron chi connectivity index (χ0n) is 6.73. The predicted molar refractivity (Wildman–Crippen MR) is 49.6 cm³/mol. The van der Waals surface area contributed by atoms with E-state index in [1.165, 1.54) is 11.1 Å². The van der Waals surface area contributed by atoms with Gasteiger partial charge in [-0.1, -0.05) is 28.1 Å². The number of ether oxygens (including phenoxy) is 1. The third-order valence-corrected chi connectivity index (χ3v) is 2.38. The van der Waals surface area contributed by atoms with Crippen LogP contribution in [0.15, 0.2) is 22.7 Å². The molecule has 0 saturated carbocycles. The maximum Gasteiger partial charge on any atom is 0.0726 e. The van der Waals surface area contributed by atoms with Crippen molar-refractivity contribution in [1.29, 1.82) is 0 Å². The Hall–Kier alpha value is -0.340. The van der Waals surface area contributed by atoms with Crippen molar-refractivity contribution in [3.63, 3.8) is 0 Å². The lowest BCUT2D eigenvalue weighted by molar-refractivity contribution is 0.184. The number of methoxy groups -OCH3 is 1. The number of aryl methyl sites for hydroxylation is 1. The van der Waals surface area contributed by atoms with Crippen molar-refractivity contribution in [3.05, 3.63) is 33.8 Å². The Balaban J connectivity index is 3.00. The molecule has 1 aromatic rings. The minimum Gasteiger partial charge on any atom is -0.380 e. The van der Waals surface area contributed by atoms with Crippen molar-refractivity contribution in [3.8, 4) is 0 Å². The van der Waals surface area contributed by atoms with Crippen LogP contribution >= 0.6 is 15.9 Å². The fraction of sp³-hybridized carbons (Fsp3) is 0.333. The maximum atomic E-state index is 5.06. The average Bonchev–Trinajstić information content (AvgIpc) is 1.97. The van der Waals surface area contributed by atoms with Gasteiger partial charge in [-0.3, -0.25) is 0 Å². The summed E-state index contributed by atoms with van der Waals surface area (Å²) in [4.78, 5) is 0. The van der Waals surface area contributed by atoms with Gasteiger partial charge in [0.1, 0.15) is 0 Å². The average molecular weight is 215 g/mol. The van der Waals surface area contributed by atoms with E-state index >= 15 is 0 Å². The summed E-state index contributed by atoms with van der Waals surface area (Å²) in [6.45, 7) is 2.76. The van der Waals surface area contributed by atoms with Crippen LogP contribution in [0.25, 0.3) is 0 Å². The van der Waals surface area contributed by atoms with Crippen LogP contribution < -0.4 is 0 Å². The number of benzene rings is 1. The minimum atomic E-state index is 0.674. The van der Waals surface area contributed by atoms with Gasteiger partial charge in [0.2, 0.25) is 0 Å². The lowest BCUT2D eigenvalue weighted by Gasteiger charge is -2.05. The molecule has 0 atom stereocenters. The molecule has 0 amide bonds. The number of halogens is 1. The topological polar surface area (TPSA) is 9.23 Å². The summed E-state index contributed by atoms with van der Waals surface area (Å²) >= 11 is 3.47. The standard InChI is InChI=1S/C9H11BrO/c1-7-4-3-5-9(10)8(7)6-11-2/h3-5H,6H2,1-2H3. The highest BCUT2D eigenvalue weighted by Crippen LogP contribution is 2.20. The first-order valence-electron chi connectivity index (χ1n) is 3.48. The second kappa shape index (κ2) is 3.88. The van der Waals surface area contributed by atoms with E-state index in [1.807, 2.05) is 12.1 Å². The third-order valence-electron chi connectivity index (χ3n) is 1.64. The molecule has 0 aliphatic carbocycles. The summed E-state index contributed by atoms with van der Waals surface area (Å²) in [5.41, 5.74) is 2.50. The fourth-order valence-corrected chi connectivity index (χ4v) is 1.57. The van der Waals surface area contributed by atoms with Crippen LogP contribution in [0.2, 0.25) is 0 Å². The van der Waals surface area contributed by atoms with E-state index in [9.17, 15) is 0 Å². The molecular weight excluding hydrogens is 204 g/mol. The monoisotopic (exact) mass is 214 g/mol. The quantitative estimate of drug-likeness (QED) is 0.736.